The van der Waals surface area contributed by atoms with E-state index in [1.165, 1.54) is 0 Å². The second-order valence-electron chi connectivity index (χ2n) is 4.20. The molecule has 6 heteroatoms. The third-order valence-corrected chi connectivity index (χ3v) is 3.18. The third-order valence-electron chi connectivity index (χ3n) is 2.54. The molecule has 0 saturated heterocycles. The molecule has 2 rings (SSSR count). The summed E-state index contributed by atoms with van der Waals surface area (Å²) in [6.07, 6.45) is 1.63. The van der Waals surface area contributed by atoms with E-state index in [4.69, 9.17) is 5.73 Å². The van der Waals surface area contributed by atoms with Crippen molar-refractivity contribution >= 4 is 21.7 Å². The van der Waals surface area contributed by atoms with Crippen molar-refractivity contribution in [2.45, 2.75) is 19.8 Å². The van der Waals surface area contributed by atoms with Gasteiger partial charge >= 0.3 is 0 Å². The monoisotopic (exact) mass is 308 g/mol. The van der Waals surface area contributed by atoms with E-state index in [0.717, 1.165) is 4.47 Å². The van der Waals surface area contributed by atoms with Gasteiger partial charge in [0.15, 0.2) is 5.82 Å². The van der Waals surface area contributed by atoms with Gasteiger partial charge in [0.25, 0.3) is 5.56 Å². The minimum atomic E-state index is -0.218. The first-order chi connectivity index (χ1) is 8.50. The standard InChI is InChI=1S/C12H13BrN4O/c1-6(2)8-10(14)16-11(17-12(8)18)9-7(13)4-3-5-15-9/h3-6H,1-2H3,(H3,14,16,17,18). The molecule has 0 amide bonds. The number of aromatic amines is 1. The van der Waals surface area contributed by atoms with E-state index < -0.39 is 0 Å². The molecule has 5 nitrogen and oxygen atoms in total. The van der Waals surface area contributed by atoms with Crippen molar-refractivity contribution in [2.75, 3.05) is 5.73 Å². The molecule has 0 spiro atoms. The van der Waals surface area contributed by atoms with Gasteiger partial charge in [-0.3, -0.25) is 9.78 Å². The zero-order chi connectivity index (χ0) is 13.3. The Labute approximate surface area is 113 Å². The van der Waals surface area contributed by atoms with Crippen LogP contribution in [0.3, 0.4) is 0 Å². The van der Waals surface area contributed by atoms with Gasteiger partial charge < -0.3 is 10.7 Å². The molecule has 0 radical (unpaired) electrons. The summed E-state index contributed by atoms with van der Waals surface area (Å²) in [6, 6.07) is 3.62. The molecule has 0 atom stereocenters. The van der Waals surface area contributed by atoms with Gasteiger partial charge in [0.2, 0.25) is 0 Å². The number of pyridine rings is 1. The SMILES string of the molecule is CC(C)c1c(N)nc(-c2ncccc2Br)[nH]c1=O. The molecule has 2 heterocycles. The molecule has 18 heavy (non-hydrogen) atoms. The van der Waals surface area contributed by atoms with Crippen LogP contribution in [-0.4, -0.2) is 15.0 Å². The Morgan fingerprint density at radius 2 is 2.17 bits per heavy atom. The first-order valence-electron chi connectivity index (χ1n) is 5.51. The Balaban J connectivity index is 2.63. The first-order valence-corrected chi connectivity index (χ1v) is 6.30. The number of nitrogen functional groups attached to an aromatic ring is 1. The Kier molecular flexibility index (Phi) is 3.47. The van der Waals surface area contributed by atoms with Crippen LogP contribution in [0, 0.1) is 0 Å². The number of nitrogens with two attached hydrogens (primary N) is 1. The van der Waals surface area contributed by atoms with Crippen LogP contribution in [-0.2, 0) is 0 Å². The zero-order valence-electron chi connectivity index (χ0n) is 10.1. The van der Waals surface area contributed by atoms with Gasteiger partial charge in [-0.15, -0.1) is 0 Å². The molecule has 2 aromatic heterocycles. The van der Waals surface area contributed by atoms with Gasteiger partial charge in [0, 0.05) is 10.7 Å². The number of H-pyrrole nitrogens is 1. The number of rotatable bonds is 2. The lowest BCUT2D eigenvalue weighted by Crippen LogP contribution is -2.19. The van der Waals surface area contributed by atoms with E-state index in [1.807, 2.05) is 19.9 Å². The fourth-order valence-electron chi connectivity index (χ4n) is 1.73. The zero-order valence-corrected chi connectivity index (χ0v) is 11.7. The van der Waals surface area contributed by atoms with Crippen LogP contribution >= 0.6 is 15.9 Å². The molecule has 0 aliphatic carbocycles. The minimum Gasteiger partial charge on any atom is -0.383 e. The lowest BCUT2D eigenvalue weighted by Gasteiger charge is -2.09. The van der Waals surface area contributed by atoms with Crippen molar-refractivity contribution in [1.82, 2.24) is 15.0 Å². The minimum absolute atomic E-state index is 0.0301. The number of aromatic nitrogens is 3. The predicted octanol–water partition coefficient (Wildman–Crippen LogP) is 2.30. The number of hydrogen-bond acceptors (Lipinski definition) is 4. The second kappa shape index (κ2) is 4.89. The molecule has 0 aromatic carbocycles. The average molecular weight is 309 g/mol. The lowest BCUT2D eigenvalue weighted by atomic mass is 10.1. The van der Waals surface area contributed by atoms with Crippen LogP contribution in [0.5, 0.6) is 0 Å². The molecule has 0 fully saturated rings. The van der Waals surface area contributed by atoms with Crippen LogP contribution in [0.4, 0.5) is 5.82 Å². The molecule has 0 unspecified atom stereocenters. The van der Waals surface area contributed by atoms with Crippen molar-refractivity contribution in [3.05, 3.63) is 38.7 Å². The summed E-state index contributed by atoms with van der Waals surface area (Å²) in [6.45, 7) is 3.80. The summed E-state index contributed by atoms with van der Waals surface area (Å²) in [7, 11) is 0. The van der Waals surface area contributed by atoms with Crippen LogP contribution in [0.2, 0.25) is 0 Å². The number of anilines is 1. The Morgan fingerprint density at radius 3 is 2.72 bits per heavy atom. The van der Waals surface area contributed by atoms with Gasteiger partial charge in [-0.25, -0.2) is 4.98 Å². The topological polar surface area (TPSA) is 84.7 Å². The maximum Gasteiger partial charge on any atom is 0.256 e. The number of nitrogens with zero attached hydrogens (tertiary/aromatic N) is 2. The highest BCUT2D eigenvalue weighted by atomic mass is 79.9. The molecule has 0 aliphatic rings. The number of nitrogens with one attached hydrogen (secondary N) is 1. The summed E-state index contributed by atoms with van der Waals surface area (Å²) < 4.78 is 0.754. The van der Waals surface area contributed by atoms with Crippen molar-refractivity contribution in [3.8, 4) is 11.5 Å². The number of hydrogen-bond donors (Lipinski definition) is 2. The van der Waals surface area contributed by atoms with Gasteiger partial charge in [-0.1, -0.05) is 13.8 Å². The molecule has 0 bridgehead atoms. The summed E-state index contributed by atoms with van der Waals surface area (Å²) in [4.78, 5) is 23.1. The van der Waals surface area contributed by atoms with E-state index >= 15 is 0 Å². The quantitative estimate of drug-likeness (QED) is 0.891. The van der Waals surface area contributed by atoms with Crippen LogP contribution in [0.15, 0.2) is 27.6 Å². The van der Waals surface area contributed by atoms with Crippen molar-refractivity contribution in [2.24, 2.45) is 0 Å². The Hall–Kier alpha value is -1.69. The molecule has 94 valence electrons. The van der Waals surface area contributed by atoms with Gasteiger partial charge in [0.05, 0.1) is 5.56 Å². The first kappa shape index (κ1) is 12.8. The fraction of sp³-hybridized carbons (Fsp3) is 0.250. The van der Waals surface area contributed by atoms with E-state index in [9.17, 15) is 4.79 Å². The number of halogens is 1. The van der Waals surface area contributed by atoms with Gasteiger partial charge in [0.1, 0.15) is 11.5 Å². The average Bonchev–Trinajstić information content (AvgIpc) is 2.27. The second-order valence-corrected chi connectivity index (χ2v) is 5.06. The molecule has 0 aliphatic heterocycles. The maximum atomic E-state index is 12.0. The van der Waals surface area contributed by atoms with E-state index in [2.05, 4.69) is 30.9 Å². The third kappa shape index (κ3) is 2.28. The molecular formula is C12H13BrN4O. The lowest BCUT2D eigenvalue weighted by molar-refractivity contribution is 0.836. The highest BCUT2D eigenvalue weighted by Crippen LogP contribution is 2.24. The van der Waals surface area contributed by atoms with Gasteiger partial charge in [-0.2, -0.15) is 0 Å². The normalized spacial score (nSPS) is 10.9. The molecular weight excluding hydrogens is 296 g/mol. The molecule has 3 N–H and O–H groups in total. The summed E-state index contributed by atoms with van der Waals surface area (Å²) in [5, 5.41) is 0. The van der Waals surface area contributed by atoms with Crippen molar-refractivity contribution < 1.29 is 0 Å². The molecule has 0 saturated carbocycles. The largest absolute Gasteiger partial charge is 0.383 e. The van der Waals surface area contributed by atoms with E-state index in [0.29, 0.717) is 17.1 Å². The summed E-state index contributed by atoms with van der Waals surface area (Å²) in [5.74, 6) is 0.651. The fourth-order valence-corrected chi connectivity index (χ4v) is 2.17. The predicted molar refractivity (Wildman–Crippen MR) is 74.3 cm³/mol. The van der Waals surface area contributed by atoms with Crippen molar-refractivity contribution in [3.63, 3.8) is 0 Å². The highest BCUT2D eigenvalue weighted by Gasteiger charge is 2.14. The van der Waals surface area contributed by atoms with E-state index in [1.54, 1.807) is 12.3 Å². The maximum absolute atomic E-state index is 12.0. The van der Waals surface area contributed by atoms with E-state index in [-0.39, 0.29) is 17.3 Å². The van der Waals surface area contributed by atoms with Crippen LogP contribution < -0.4 is 11.3 Å². The summed E-state index contributed by atoms with van der Waals surface area (Å²) in [5.41, 5.74) is 6.69. The summed E-state index contributed by atoms with van der Waals surface area (Å²) >= 11 is 3.36. The van der Waals surface area contributed by atoms with Gasteiger partial charge in [-0.05, 0) is 34.0 Å². The van der Waals surface area contributed by atoms with Crippen LogP contribution in [0.1, 0.15) is 25.3 Å². The smallest absolute Gasteiger partial charge is 0.256 e. The Bertz CT molecular complexity index is 636. The van der Waals surface area contributed by atoms with Crippen molar-refractivity contribution in [1.29, 1.82) is 0 Å². The Morgan fingerprint density at radius 1 is 1.44 bits per heavy atom. The molecule has 2 aromatic rings. The highest BCUT2D eigenvalue weighted by molar-refractivity contribution is 9.10. The van der Waals surface area contributed by atoms with Crippen LogP contribution in [0.25, 0.3) is 11.5 Å².